The molecule has 3 atom stereocenters. The molecule has 1 fully saturated rings. The SMILES string of the molecule is CCC1SCCSC1C(Cc1cc(Cl)ccc1Cl)NN. The first-order valence-corrected chi connectivity index (χ1v) is 9.64. The predicted octanol–water partition coefficient (Wildman–Crippen LogP) is 4.00. The highest BCUT2D eigenvalue weighted by atomic mass is 35.5. The van der Waals surface area contributed by atoms with E-state index in [4.69, 9.17) is 29.0 Å². The van der Waals surface area contributed by atoms with Gasteiger partial charge in [0.1, 0.15) is 0 Å². The van der Waals surface area contributed by atoms with Crippen LogP contribution in [0, 0.1) is 0 Å². The van der Waals surface area contributed by atoms with Crippen molar-refractivity contribution in [1.29, 1.82) is 0 Å². The molecule has 2 nitrogen and oxygen atoms in total. The molecule has 0 aliphatic carbocycles. The van der Waals surface area contributed by atoms with E-state index in [1.165, 1.54) is 17.9 Å². The summed E-state index contributed by atoms with van der Waals surface area (Å²) in [4.78, 5) is 0. The molecule has 0 amide bonds. The summed E-state index contributed by atoms with van der Waals surface area (Å²) in [5.74, 6) is 8.23. The van der Waals surface area contributed by atoms with Gasteiger partial charge in [-0.05, 0) is 36.6 Å². The molecule has 1 saturated heterocycles. The second kappa shape index (κ2) is 8.16. The molecule has 3 unspecified atom stereocenters. The number of hydrogen-bond acceptors (Lipinski definition) is 4. The summed E-state index contributed by atoms with van der Waals surface area (Å²) >= 11 is 16.4. The summed E-state index contributed by atoms with van der Waals surface area (Å²) < 4.78 is 0. The summed E-state index contributed by atoms with van der Waals surface area (Å²) in [5, 5.41) is 2.64. The van der Waals surface area contributed by atoms with Crippen LogP contribution in [0.5, 0.6) is 0 Å². The zero-order valence-corrected chi connectivity index (χ0v) is 14.6. The van der Waals surface area contributed by atoms with Gasteiger partial charge in [0.05, 0.1) is 0 Å². The van der Waals surface area contributed by atoms with Gasteiger partial charge in [0.15, 0.2) is 0 Å². The number of halogens is 2. The molecule has 1 aromatic rings. The molecule has 1 aliphatic heterocycles. The highest BCUT2D eigenvalue weighted by Gasteiger charge is 2.31. The van der Waals surface area contributed by atoms with Crippen molar-refractivity contribution in [1.82, 2.24) is 5.43 Å². The topological polar surface area (TPSA) is 38.0 Å². The first kappa shape index (κ1) is 16.8. The van der Waals surface area contributed by atoms with Crippen LogP contribution in [-0.2, 0) is 6.42 Å². The van der Waals surface area contributed by atoms with Crippen LogP contribution in [0.1, 0.15) is 18.9 Å². The van der Waals surface area contributed by atoms with Gasteiger partial charge in [0.25, 0.3) is 0 Å². The third-order valence-electron chi connectivity index (χ3n) is 3.55. The molecule has 1 aromatic carbocycles. The van der Waals surface area contributed by atoms with E-state index in [0.29, 0.717) is 10.5 Å². The van der Waals surface area contributed by atoms with Crippen molar-refractivity contribution in [3.05, 3.63) is 33.8 Å². The summed E-state index contributed by atoms with van der Waals surface area (Å²) in [6.45, 7) is 2.25. The maximum atomic E-state index is 6.27. The Hall–Kier alpha value is 0.420. The second-order valence-electron chi connectivity index (χ2n) is 4.87. The Labute approximate surface area is 139 Å². The standard InChI is InChI=1S/C14H20Cl2N2S2/c1-2-13-14(20-6-5-19-13)12(18-17)8-9-7-10(15)3-4-11(9)16/h3-4,7,12-14,18H,2,5-6,8,17H2,1H3. The van der Waals surface area contributed by atoms with Crippen molar-refractivity contribution >= 4 is 46.7 Å². The fraction of sp³-hybridized carbons (Fsp3) is 0.571. The van der Waals surface area contributed by atoms with Gasteiger partial charge < -0.3 is 0 Å². The van der Waals surface area contributed by atoms with Crippen LogP contribution in [-0.4, -0.2) is 28.0 Å². The lowest BCUT2D eigenvalue weighted by Gasteiger charge is -2.35. The molecule has 0 radical (unpaired) electrons. The lowest BCUT2D eigenvalue weighted by atomic mass is 10.0. The van der Waals surface area contributed by atoms with Gasteiger partial charge in [-0.1, -0.05) is 30.1 Å². The van der Waals surface area contributed by atoms with Crippen LogP contribution in [0.3, 0.4) is 0 Å². The fourth-order valence-electron chi connectivity index (χ4n) is 2.52. The normalized spacial score (nSPS) is 24.6. The quantitative estimate of drug-likeness (QED) is 0.621. The van der Waals surface area contributed by atoms with Crippen LogP contribution < -0.4 is 11.3 Å². The van der Waals surface area contributed by atoms with Gasteiger partial charge in [-0.2, -0.15) is 23.5 Å². The van der Waals surface area contributed by atoms with Gasteiger partial charge >= 0.3 is 0 Å². The van der Waals surface area contributed by atoms with E-state index in [2.05, 4.69) is 24.1 Å². The number of benzene rings is 1. The molecule has 0 aromatic heterocycles. The number of hydrazine groups is 1. The molecule has 3 N–H and O–H groups in total. The van der Waals surface area contributed by atoms with E-state index in [9.17, 15) is 0 Å². The van der Waals surface area contributed by atoms with Crippen LogP contribution in [0.2, 0.25) is 10.0 Å². The maximum absolute atomic E-state index is 6.27. The molecular formula is C14H20Cl2N2S2. The van der Waals surface area contributed by atoms with E-state index in [1.54, 1.807) is 0 Å². The smallest absolute Gasteiger partial charge is 0.0439 e. The summed E-state index contributed by atoms with van der Waals surface area (Å²) in [5.41, 5.74) is 4.06. The molecule has 0 bridgehead atoms. The van der Waals surface area contributed by atoms with Gasteiger partial charge in [-0.3, -0.25) is 11.3 Å². The molecule has 0 saturated carbocycles. The van der Waals surface area contributed by atoms with Crippen LogP contribution in [0.4, 0.5) is 0 Å². The van der Waals surface area contributed by atoms with Crippen LogP contribution in [0.15, 0.2) is 18.2 Å². The highest BCUT2D eigenvalue weighted by molar-refractivity contribution is 8.07. The third kappa shape index (κ3) is 4.21. The summed E-state index contributed by atoms with van der Waals surface area (Å²) in [7, 11) is 0. The van der Waals surface area contributed by atoms with Crippen LogP contribution in [0.25, 0.3) is 0 Å². The fourth-order valence-corrected chi connectivity index (χ4v) is 6.15. The Kier molecular flexibility index (Phi) is 6.85. The molecule has 1 aliphatic rings. The minimum Gasteiger partial charge on any atom is -0.271 e. The van der Waals surface area contributed by atoms with Crippen molar-refractivity contribution in [2.75, 3.05) is 11.5 Å². The maximum Gasteiger partial charge on any atom is 0.0439 e. The Morgan fingerprint density at radius 1 is 1.35 bits per heavy atom. The lowest BCUT2D eigenvalue weighted by Crippen LogP contribution is -2.49. The van der Waals surface area contributed by atoms with Gasteiger partial charge in [0, 0.05) is 38.1 Å². The molecular weight excluding hydrogens is 331 g/mol. The van der Waals surface area contributed by atoms with E-state index >= 15 is 0 Å². The predicted molar refractivity (Wildman–Crippen MR) is 94.1 cm³/mol. The molecule has 112 valence electrons. The van der Waals surface area contributed by atoms with E-state index < -0.39 is 0 Å². The van der Waals surface area contributed by atoms with E-state index in [0.717, 1.165) is 22.0 Å². The van der Waals surface area contributed by atoms with E-state index in [-0.39, 0.29) is 6.04 Å². The Morgan fingerprint density at radius 2 is 2.10 bits per heavy atom. The molecule has 0 spiro atoms. The number of nitrogens with two attached hydrogens (primary N) is 1. The molecule has 2 rings (SSSR count). The molecule has 6 heteroatoms. The minimum atomic E-state index is 0.216. The van der Waals surface area contributed by atoms with Crippen molar-refractivity contribution in [3.63, 3.8) is 0 Å². The largest absolute Gasteiger partial charge is 0.271 e. The number of thioether (sulfide) groups is 2. The number of rotatable bonds is 5. The van der Waals surface area contributed by atoms with Crippen molar-refractivity contribution in [2.45, 2.75) is 36.3 Å². The Bertz CT molecular complexity index is 445. The number of hydrogen-bond donors (Lipinski definition) is 2. The third-order valence-corrected chi connectivity index (χ3v) is 7.56. The van der Waals surface area contributed by atoms with E-state index in [1.807, 2.05) is 30.0 Å². The monoisotopic (exact) mass is 350 g/mol. The first-order valence-electron chi connectivity index (χ1n) is 6.79. The van der Waals surface area contributed by atoms with Crippen LogP contribution >= 0.6 is 46.7 Å². The molecule has 1 heterocycles. The Balaban J connectivity index is 2.13. The lowest BCUT2D eigenvalue weighted by molar-refractivity contribution is 0.490. The second-order valence-corrected chi connectivity index (χ2v) is 8.34. The Morgan fingerprint density at radius 3 is 2.80 bits per heavy atom. The van der Waals surface area contributed by atoms with Gasteiger partial charge in [-0.25, -0.2) is 0 Å². The molecule has 20 heavy (non-hydrogen) atoms. The highest BCUT2D eigenvalue weighted by Crippen LogP contribution is 2.36. The first-order chi connectivity index (χ1) is 9.65. The van der Waals surface area contributed by atoms with Gasteiger partial charge in [-0.15, -0.1) is 0 Å². The summed E-state index contributed by atoms with van der Waals surface area (Å²) in [6, 6.07) is 5.83. The van der Waals surface area contributed by atoms with Crippen molar-refractivity contribution < 1.29 is 0 Å². The minimum absolute atomic E-state index is 0.216. The van der Waals surface area contributed by atoms with Crippen molar-refractivity contribution in [2.24, 2.45) is 5.84 Å². The summed E-state index contributed by atoms with van der Waals surface area (Å²) in [6.07, 6.45) is 1.98. The average Bonchev–Trinajstić information content (AvgIpc) is 2.48. The number of nitrogens with one attached hydrogen (secondary N) is 1. The van der Waals surface area contributed by atoms with Crippen molar-refractivity contribution in [3.8, 4) is 0 Å². The zero-order valence-electron chi connectivity index (χ0n) is 11.4. The average molecular weight is 351 g/mol. The van der Waals surface area contributed by atoms with Gasteiger partial charge in [0.2, 0.25) is 0 Å². The zero-order chi connectivity index (χ0) is 14.5.